The number of nitrogens with two attached hydrogens (primary N) is 2. The van der Waals surface area contributed by atoms with Crippen LogP contribution < -0.4 is 11.5 Å². The fraction of sp³-hybridized carbons (Fsp3) is 0.333. The molecule has 90 valence electrons. The summed E-state index contributed by atoms with van der Waals surface area (Å²) in [6, 6.07) is 2.11. The van der Waals surface area contributed by atoms with E-state index >= 15 is 0 Å². The Bertz CT molecular complexity index is 323. The molecule has 0 saturated heterocycles. The van der Waals surface area contributed by atoms with Gasteiger partial charge in [0.25, 0.3) is 5.95 Å². The third-order valence-electron chi connectivity index (χ3n) is 1.53. The van der Waals surface area contributed by atoms with E-state index in [9.17, 15) is 9.59 Å². The minimum absolute atomic E-state index is 0.0213. The predicted molar refractivity (Wildman–Crippen MR) is 54.4 cm³/mol. The quantitative estimate of drug-likeness (QED) is 0.557. The lowest BCUT2D eigenvalue weighted by molar-refractivity contribution is -0.138. The lowest BCUT2D eigenvalue weighted by Gasteiger charge is -2.01. The van der Waals surface area contributed by atoms with Gasteiger partial charge in [0.1, 0.15) is 6.04 Å². The molecule has 16 heavy (non-hydrogen) atoms. The molecule has 1 heterocycles. The van der Waals surface area contributed by atoms with Crippen molar-refractivity contribution in [2.75, 3.05) is 0 Å². The van der Waals surface area contributed by atoms with E-state index in [4.69, 9.17) is 21.7 Å². The van der Waals surface area contributed by atoms with Crippen LogP contribution in [0.5, 0.6) is 5.95 Å². The van der Waals surface area contributed by atoms with Crippen LogP contribution in [-0.2, 0) is 9.59 Å². The van der Waals surface area contributed by atoms with Crippen molar-refractivity contribution in [2.24, 2.45) is 11.5 Å². The summed E-state index contributed by atoms with van der Waals surface area (Å²) in [4.78, 5) is 20.1. The number of carboxylic acids is 1. The van der Waals surface area contributed by atoms with E-state index in [1.54, 1.807) is 6.07 Å². The number of aromatic hydroxyl groups is 1. The highest BCUT2D eigenvalue weighted by Crippen LogP contribution is 2.04. The fourth-order valence-corrected chi connectivity index (χ4v) is 0.691. The second-order valence-corrected chi connectivity index (χ2v) is 2.90. The average Bonchev–Trinajstić information content (AvgIpc) is 2.66. The monoisotopic (exact) mass is 230 g/mol. The summed E-state index contributed by atoms with van der Waals surface area (Å²) in [6.45, 7) is 0. The largest absolute Gasteiger partial charge is 0.481 e. The first kappa shape index (κ1) is 14.0. The van der Waals surface area contributed by atoms with Crippen molar-refractivity contribution in [3.05, 3.63) is 18.4 Å². The maximum atomic E-state index is 10.1. The number of hydrogen-bond acceptors (Lipinski definition) is 5. The molecule has 1 atom stereocenters. The molecule has 1 unspecified atom stereocenters. The third-order valence-corrected chi connectivity index (χ3v) is 1.53. The van der Waals surface area contributed by atoms with E-state index in [-0.39, 0.29) is 18.8 Å². The van der Waals surface area contributed by atoms with Crippen molar-refractivity contribution in [2.45, 2.75) is 18.9 Å². The van der Waals surface area contributed by atoms with Crippen LogP contribution in [0.3, 0.4) is 0 Å². The van der Waals surface area contributed by atoms with Crippen molar-refractivity contribution in [1.29, 1.82) is 0 Å². The Kier molecular flexibility index (Phi) is 6.37. The molecule has 0 bridgehead atoms. The van der Waals surface area contributed by atoms with E-state index < -0.39 is 17.9 Å². The van der Waals surface area contributed by atoms with Crippen molar-refractivity contribution in [1.82, 2.24) is 0 Å². The van der Waals surface area contributed by atoms with Gasteiger partial charge in [-0.05, 0) is 12.5 Å². The van der Waals surface area contributed by atoms with Crippen LogP contribution in [0, 0.1) is 0 Å². The Morgan fingerprint density at radius 1 is 1.50 bits per heavy atom. The molecule has 1 aromatic rings. The minimum Gasteiger partial charge on any atom is -0.481 e. The SMILES string of the molecule is NC(=O)CCC(N)C(=O)O.Oc1ccco1. The molecule has 1 rings (SSSR count). The number of carbonyl (C=O) groups excluding carboxylic acids is 1. The number of carbonyl (C=O) groups is 2. The zero-order chi connectivity index (χ0) is 12.6. The highest BCUT2D eigenvalue weighted by Gasteiger charge is 2.11. The zero-order valence-corrected chi connectivity index (χ0v) is 8.50. The summed E-state index contributed by atoms with van der Waals surface area (Å²) in [7, 11) is 0. The van der Waals surface area contributed by atoms with Crippen LogP contribution in [0.15, 0.2) is 22.8 Å². The third kappa shape index (κ3) is 7.39. The lowest BCUT2D eigenvalue weighted by atomic mass is 10.2. The van der Waals surface area contributed by atoms with Crippen LogP contribution in [-0.4, -0.2) is 28.1 Å². The zero-order valence-electron chi connectivity index (χ0n) is 8.50. The molecule has 0 radical (unpaired) electrons. The number of aliphatic carboxylic acids is 1. The van der Waals surface area contributed by atoms with Gasteiger partial charge in [0, 0.05) is 12.5 Å². The molecule has 0 aliphatic heterocycles. The summed E-state index contributed by atoms with van der Waals surface area (Å²) < 4.78 is 4.39. The molecule has 0 fully saturated rings. The number of rotatable bonds is 4. The molecule has 0 saturated carbocycles. The molecule has 0 spiro atoms. The van der Waals surface area contributed by atoms with Crippen LogP contribution >= 0.6 is 0 Å². The Morgan fingerprint density at radius 2 is 2.12 bits per heavy atom. The van der Waals surface area contributed by atoms with E-state index in [2.05, 4.69) is 4.42 Å². The lowest BCUT2D eigenvalue weighted by Crippen LogP contribution is -2.31. The normalized spacial score (nSPS) is 11.1. The standard InChI is InChI=1S/C5H10N2O3.C4H4O2/c6-3(5(9)10)1-2-4(7)8;5-4-2-1-3-6-4/h3H,1-2,6H2,(H2,7,8)(H,9,10);1-3,5H. The molecule has 0 aliphatic carbocycles. The van der Waals surface area contributed by atoms with Crippen LogP contribution in [0.25, 0.3) is 0 Å². The molecule has 0 aliphatic rings. The maximum absolute atomic E-state index is 10.1. The molecular formula is C9H14N2O5. The molecule has 7 heteroatoms. The predicted octanol–water partition coefficient (Wildman–Crippen LogP) is -0.351. The number of hydrogen-bond donors (Lipinski definition) is 4. The number of furan rings is 1. The van der Waals surface area contributed by atoms with E-state index in [1.165, 1.54) is 12.3 Å². The van der Waals surface area contributed by atoms with Crippen molar-refractivity contribution < 1.29 is 24.2 Å². The minimum atomic E-state index is -1.11. The van der Waals surface area contributed by atoms with E-state index in [0.717, 1.165) is 0 Å². The van der Waals surface area contributed by atoms with Gasteiger partial charge in [-0.3, -0.25) is 9.59 Å². The van der Waals surface area contributed by atoms with Gasteiger partial charge in [0.15, 0.2) is 0 Å². The Morgan fingerprint density at radius 3 is 2.38 bits per heavy atom. The summed E-state index contributed by atoms with van der Waals surface area (Å²) in [5.41, 5.74) is 9.81. The van der Waals surface area contributed by atoms with Crippen molar-refractivity contribution in [3.63, 3.8) is 0 Å². The van der Waals surface area contributed by atoms with E-state index in [0.29, 0.717) is 0 Å². The molecule has 0 aromatic carbocycles. The number of carboxylic acid groups (broad SMARTS) is 1. The highest BCUT2D eigenvalue weighted by molar-refractivity contribution is 5.76. The van der Waals surface area contributed by atoms with Crippen LogP contribution in [0.2, 0.25) is 0 Å². The van der Waals surface area contributed by atoms with Gasteiger partial charge in [-0.2, -0.15) is 0 Å². The highest BCUT2D eigenvalue weighted by atomic mass is 16.5. The molecule has 7 nitrogen and oxygen atoms in total. The summed E-state index contributed by atoms with van der Waals surface area (Å²) in [5.74, 6) is -1.67. The molecule has 1 aromatic heterocycles. The second kappa shape index (κ2) is 7.30. The van der Waals surface area contributed by atoms with Gasteiger partial charge in [0.05, 0.1) is 6.26 Å². The first-order valence-corrected chi connectivity index (χ1v) is 4.42. The summed E-state index contributed by atoms with van der Waals surface area (Å²) in [6.07, 6.45) is 1.54. The topological polar surface area (TPSA) is 140 Å². The average molecular weight is 230 g/mol. The van der Waals surface area contributed by atoms with Gasteiger partial charge >= 0.3 is 5.97 Å². The summed E-state index contributed by atoms with van der Waals surface area (Å²) in [5, 5.41) is 16.5. The van der Waals surface area contributed by atoms with Gasteiger partial charge in [0.2, 0.25) is 5.91 Å². The van der Waals surface area contributed by atoms with Gasteiger partial charge in [-0.1, -0.05) is 0 Å². The smallest absolute Gasteiger partial charge is 0.320 e. The van der Waals surface area contributed by atoms with Gasteiger partial charge < -0.3 is 26.1 Å². The van der Waals surface area contributed by atoms with Gasteiger partial charge in [-0.25, -0.2) is 0 Å². The van der Waals surface area contributed by atoms with Crippen LogP contribution in [0.1, 0.15) is 12.8 Å². The summed E-state index contributed by atoms with van der Waals surface area (Å²) >= 11 is 0. The fourth-order valence-electron chi connectivity index (χ4n) is 0.691. The Hall–Kier alpha value is -2.02. The number of amides is 1. The Balaban J connectivity index is 0.000000315. The second-order valence-electron chi connectivity index (χ2n) is 2.90. The first-order valence-electron chi connectivity index (χ1n) is 4.42. The molecular weight excluding hydrogens is 216 g/mol. The van der Waals surface area contributed by atoms with Crippen molar-refractivity contribution in [3.8, 4) is 5.95 Å². The maximum Gasteiger partial charge on any atom is 0.320 e. The first-order chi connectivity index (χ1) is 7.43. The van der Waals surface area contributed by atoms with Crippen molar-refractivity contribution >= 4 is 11.9 Å². The number of primary amides is 1. The molecule has 6 N–H and O–H groups in total. The van der Waals surface area contributed by atoms with E-state index in [1.807, 2.05) is 0 Å². The van der Waals surface area contributed by atoms with Gasteiger partial charge in [-0.15, -0.1) is 0 Å². The van der Waals surface area contributed by atoms with Crippen LogP contribution in [0.4, 0.5) is 0 Å². The molecule has 1 amide bonds. The Labute approximate surface area is 91.6 Å².